The Hall–Kier alpha value is -2.05. The SMILES string of the molecule is COc1cc2c(cc1OC)CN(Cc1cc3n(n1)CCNC3)CC2. The number of hydrogen-bond acceptors (Lipinski definition) is 5. The molecule has 0 saturated carbocycles. The van der Waals surface area contributed by atoms with E-state index < -0.39 is 0 Å². The molecular weight excluding hydrogens is 304 g/mol. The van der Waals surface area contributed by atoms with Gasteiger partial charge in [-0.1, -0.05) is 0 Å². The molecule has 0 radical (unpaired) electrons. The largest absolute Gasteiger partial charge is 0.493 e. The summed E-state index contributed by atoms with van der Waals surface area (Å²) >= 11 is 0. The van der Waals surface area contributed by atoms with Crippen LogP contribution >= 0.6 is 0 Å². The highest BCUT2D eigenvalue weighted by Crippen LogP contribution is 2.33. The van der Waals surface area contributed by atoms with Crippen molar-refractivity contribution in [2.45, 2.75) is 32.6 Å². The maximum absolute atomic E-state index is 5.44. The van der Waals surface area contributed by atoms with Gasteiger partial charge in [-0.2, -0.15) is 5.10 Å². The first-order valence-corrected chi connectivity index (χ1v) is 8.49. The summed E-state index contributed by atoms with van der Waals surface area (Å²) < 4.78 is 13.0. The van der Waals surface area contributed by atoms with Gasteiger partial charge in [-0.25, -0.2) is 0 Å². The summed E-state index contributed by atoms with van der Waals surface area (Å²) in [7, 11) is 3.38. The molecule has 2 aliphatic heterocycles. The Bertz CT molecular complexity index is 717. The maximum Gasteiger partial charge on any atom is 0.161 e. The van der Waals surface area contributed by atoms with E-state index in [0.717, 1.165) is 62.9 Å². The lowest BCUT2D eigenvalue weighted by Crippen LogP contribution is -2.30. The summed E-state index contributed by atoms with van der Waals surface area (Å²) in [5.74, 6) is 1.63. The van der Waals surface area contributed by atoms with Gasteiger partial charge in [0.05, 0.1) is 32.2 Å². The van der Waals surface area contributed by atoms with Gasteiger partial charge in [-0.15, -0.1) is 0 Å². The molecule has 0 aliphatic carbocycles. The molecule has 1 aromatic carbocycles. The molecule has 0 bridgehead atoms. The van der Waals surface area contributed by atoms with Crippen LogP contribution in [0.3, 0.4) is 0 Å². The van der Waals surface area contributed by atoms with Gasteiger partial charge in [0, 0.05) is 32.7 Å². The molecule has 0 unspecified atom stereocenters. The van der Waals surface area contributed by atoms with E-state index in [2.05, 4.69) is 33.1 Å². The average Bonchev–Trinajstić information content (AvgIpc) is 3.02. The van der Waals surface area contributed by atoms with Crippen LogP contribution in [0.1, 0.15) is 22.5 Å². The van der Waals surface area contributed by atoms with E-state index in [4.69, 9.17) is 14.6 Å². The lowest BCUT2D eigenvalue weighted by Gasteiger charge is -2.28. The number of methoxy groups -OCH3 is 2. The van der Waals surface area contributed by atoms with Crippen LogP contribution in [0.2, 0.25) is 0 Å². The molecule has 2 aliphatic rings. The molecule has 128 valence electrons. The summed E-state index contributed by atoms with van der Waals surface area (Å²) in [6.07, 6.45) is 1.03. The quantitative estimate of drug-likeness (QED) is 0.923. The van der Waals surface area contributed by atoms with Crippen molar-refractivity contribution in [3.63, 3.8) is 0 Å². The van der Waals surface area contributed by atoms with Gasteiger partial charge in [-0.3, -0.25) is 9.58 Å². The monoisotopic (exact) mass is 328 g/mol. The van der Waals surface area contributed by atoms with Crippen LogP contribution in [0.5, 0.6) is 11.5 Å². The normalized spacial score (nSPS) is 17.2. The van der Waals surface area contributed by atoms with Crippen LogP contribution < -0.4 is 14.8 Å². The molecule has 0 spiro atoms. The Morgan fingerprint density at radius 2 is 1.88 bits per heavy atom. The minimum Gasteiger partial charge on any atom is -0.493 e. The first kappa shape index (κ1) is 15.5. The van der Waals surface area contributed by atoms with Gasteiger partial charge >= 0.3 is 0 Å². The third kappa shape index (κ3) is 2.87. The number of nitrogens with zero attached hydrogens (tertiary/aromatic N) is 3. The fraction of sp³-hybridized carbons (Fsp3) is 0.500. The predicted molar refractivity (Wildman–Crippen MR) is 91.3 cm³/mol. The van der Waals surface area contributed by atoms with Crippen LogP contribution in [0, 0.1) is 0 Å². The van der Waals surface area contributed by atoms with Crippen LogP contribution in [-0.2, 0) is 32.6 Å². The van der Waals surface area contributed by atoms with Gasteiger partial charge in [0.25, 0.3) is 0 Å². The van der Waals surface area contributed by atoms with Crippen LogP contribution in [0.4, 0.5) is 0 Å². The predicted octanol–water partition coefficient (Wildman–Crippen LogP) is 1.56. The molecule has 0 fully saturated rings. The van der Waals surface area contributed by atoms with Gasteiger partial charge in [0.1, 0.15) is 0 Å². The van der Waals surface area contributed by atoms with Crippen molar-refractivity contribution in [3.8, 4) is 11.5 Å². The fourth-order valence-corrected chi connectivity index (χ4v) is 3.64. The molecule has 0 amide bonds. The second-order valence-electron chi connectivity index (χ2n) is 6.46. The van der Waals surface area contributed by atoms with Gasteiger partial charge < -0.3 is 14.8 Å². The van der Waals surface area contributed by atoms with Crippen molar-refractivity contribution >= 4 is 0 Å². The van der Waals surface area contributed by atoms with E-state index in [0.29, 0.717) is 0 Å². The molecule has 1 aromatic heterocycles. The zero-order valence-corrected chi connectivity index (χ0v) is 14.3. The molecule has 1 N–H and O–H groups in total. The highest BCUT2D eigenvalue weighted by Gasteiger charge is 2.21. The molecule has 0 atom stereocenters. The molecular formula is C18H24N4O2. The van der Waals surface area contributed by atoms with Crippen LogP contribution in [0.25, 0.3) is 0 Å². The summed E-state index contributed by atoms with van der Waals surface area (Å²) in [4.78, 5) is 2.45. The van der Waals surface area contributed by atoms with E-state index >= 15 is 0 Å². The van der Waals surface area contributed by atoms with E-state index in [-0.39, 0.29) is 0 Å². The molecule has 6 nitrogen and oxygen atoms in total. The number of benzene rings is 1. The van der Waals surface area contributed by atoms with Crippen molar-refractivity contribution in [1.82, 2.24) is 20.0 Å². The fourth-order valence-electron chi connectivity index (χ4n) is 3.64. The molecule has 24 heavy (non-hydrogen) atoms. The molecule has 4 rings (SSSR count). The zero-order valence-electron chi connectivity index (χ0n) is 14.3. The first-order valence-electron chi connectivity index (χ1n) is 8.49. The second-order valence-corrected chi connectivity index (χ2v) is 6.46. The minimum absolute atomic E-state index is 0.807. The van der Waals surface area contributed by atoms with Crippen LogP contribution in [-0.4, -0.2) is 42.0 Å². The number of ether oxygens (including phenoxy) is 2. The Morgan fingerprint density at radius 3 is 2.62 bits per heavy atom. The number of hydrogen-bond donors (Lipinski definition) is 1. The lowest BCUT2D eigenvalue weighted by atomic mass is 9.98. The van der Waals surface area contributed by atoms with E-state index in [1.54, 1.807) is 14.2 Å². The number of aromatic nitrogens is 2. The van der Waals surface area contributed by atoms with Crippen molar-refractivity contribution < 1.29 is 9.47 Å². The smallest absolute Gasteiger partial charge is 0.161 e. The Kier molecular flexibility index (Phi) is 4.16. The van der Waals surface area contributed by atoms with E-state index in [1.807, 2.05) is 0 Å². The highest BCUT2D eigenvalue weighted by molar-refractivity contribution is 5.48. The van der Waals surface area contributed by atoms with Crippen molar-refractivity contribution in [2.24, 2.45) is 0 Å². The van der Waals surface area contributed by atoms with E-state index in [1.165, 1.54) is 16.8 Å². The van der Waals surface area contributed by atoms with Gasteiger partial charge in [-0.05, 0) is 35.7 Å². The Labute approximate surface area is 142 Å². The third-order valence-electron chi connectivity index (χ3n) is 4.90. The molecule has 0 saturated heterocycles. The third-order valence-corrected chi connectivity index (χ3v) is 4.90. The lowest BCUT2D eigenvalue weighted by molar-refractivity contribution is 0.240. The second kappa shape index (κ2) is 6.45. The van der Waals surface area contributed by atoms with E-state index in [9.17, 15) is 0 Å². The van der Waals surface area contributed by atoms with Gasteiger partial charge in [0.15, 0.2) is 11.5 Å². The van der Waals surface area contributed by atoms with Crippen molar-refractivity contribution in [3.05, 3.63) is 40.7 Å². The Balaban J connectivity index is 1.50. The summed E-state index contributed by atoms with van der Waals surface area (Å²) in [6.45, 7) is 5.77. The zero-order chi connectivity index (χ0) is 16.5. The molecule has 6 heteroatoms. The molecule has 2 aromatic rings. The minimum atomic E-state index is 0.807. The van der Waals surface area contributed by atoms with Gasteiger partial charge in [0.2, 0.25) is 0 Å². The number of rotatable bonds is 4. The Morgan fingerprint density at radius 1 is 1.08 bits per heavy atom. The number of fused-ring (bicyclic) bond motifs is 2. The number of nitrogens with one attached hydrogen (secondary N) is 1. The first-order chi connectivity index (χ1) is 11.8. The topological polar surface area (TPSA) is 51.6 Å². The molecule has 3 heterocycles. The summed E-state index contributed by atoms with van der Waals surface area (Å²) in [5, 5.41) is 8.15. The standard InChI is InChI=1S/C18H24N4O2/c1-23-17-7-13-3-5-21(11-14(13)8-18(17)24-2)12-15-9-16-10-19-4-6-22(16)20-15/h7-9,19H,3-6,10-12H2,1-2H3. The summed E-state index contributed by atoms with van der Waals surface area (Å²) in [5.41, 5.74) is 5.14. The van der Waals surface area contributed by atoms with Crippen LogP contribution in [0.15, 0.2) is 18.2 Å². The summed E-state index contributed by atoms with van der Waals surface area (Å²) in [6, 6.07) is 6.46. The average molecular weight is 328 g/mol. The van der Waals surface area contributed by atoms with Crippen molar-refractivity contribution in [2.75, 3.05) is 27.3 Å². The highest BCUT2D eigenvalue weighted by atomic mass is 16.5. The maximum atomic E-state index is 5.44. The van der Waals surface area contributed by atoms with Crippen molar-refractivity contribution in [1.29, 1.82) is 0 Å².